The smallest absolute Gasteiger partial charge is 0.369 e. The van der Waals surface area contributed by atoms with Crippen molar-refractivity contribution in [2.24, 2.45) is 17.3 Å². The molecule has 2 atom stereocenters. The molecule has 0 radical (unpaired) electrons. The quantitative estimate of drug-likeness (QED) is 0.784. The molecule has 1 spiro atoms. The van der Waals surface area contributed by atoms with E-state index in [1.54, 1.807) is 17.0 Å². The first-order valence-electron chi connectivity index (χ1n) is 11.3. The molecule has 1 N–H and O–H groups in total. The molecule has 6 nitrogen and oxygen atoms in total. The molecule has 9 heteroatoms. The highest BCUT2D eigenvalue weighted by Gasteiger charge is 2.51. The molecule has 1 aromatic heterocycles. The van der Waals surface area contributed by atoms with Crippen molar-refractivity contribution >= 4 is 16.7 Å². The number of nitrogens with zero attached hydrogens (tertiary/aromatic N) is 5. The SMILES string of the molecule is N#Cc1ccc(N2C[C@H](CN3CCC4(CCNCC4)C3)[C@@H](C(F)(F)F)C2)c2nccnc12. The Hall–Kier alpha value is -2.44. The van der Waals surface area contributed by atoms with Gasteiger partial charge in [-0.3, -0.25) is 9.97 Å². The van der Waals surface area contributed by atoms with Gasteiger partial charge in [0.2, 0.25) is 0 Å². The van der Waals surface area contributed by atoms with E-state index in [1.807, 2.05) is 0 Å². The molecule has 170 valence electrons. The van der Waals surface area contributed by atoms with Crippen LogP contribution >= 0.6 is 0 Å². The van der Waals surface area contributed by atoms with Gasteiger partial charge in [-0.15, -0.1) is 0 Å². The largest absolute Gasteiger partial charge is 0.393 e. The van der Waals surface area contributed by atoms with Crippen LogP contribution in [0.3, 0.4) is 0 Å². The fraction of sp³-hybridized carbons (Fsp3) is 0.609. The molecule has 3 fully saturated rings. The van der Waals surface area contributed by atoms with Crippen LogP contribution < -0.4 is 10.2 Å². The maximum Gasteiger partial charge on any atom is 0.393 e. The number of halogens is 3. The summed E-state index contributed by atoms with van der Waals surface area (Å²) < 4.78 is 42.1. The maximum absolute atomic E-state index is 14.0. The minimum atomic E-state index is -4.25. The Morgan fingerprint density at radius 3 is 2.56 bits per heavy atom. The van der Waals surface area contributed by atoms with Gasteiger partial charge in [0.15, 0.2) is 0 Å². The standard InChI is InChI=1S/C23H27F3N6/c24-23(25,26)18-14-32(19-2-1-16(11-27)20-21(19)30-9-8-29-20)13-17(18)12-31-10-5-22(15-31)3-6-28-7-4-22/h1-2,8-9,17-18,28H,3-7,10,12-15H2/t17-,18-/m0/s1. The van der Waals surface area contributed by atoms with Gasteiger partial charge in [0.1, 0.15) is 17.1 Å². The predicted molar refractivity (Wildman–Crippen MR) is 115 cm³/mol. The van der Waals surface area contributed by atoms with Crippen molar-refractivity contribution in [1.29, 1.82) is 5.26 Å². The first-order chi connectivity index (χ1) is 15.4. The molecular weight excluding hydrogens is 417 g/mol. The van der Waals surface area contributed by atoms with Crippen molar-refractivity contribution in [3.63, 3.8) is 0 Å². The Balaban J connectivity index is 1.38. The average molecular weight is 445 g/mol. The number of nitriles is 1. The third-order valence-electron chi connectivity index (χ3n) is 7.60. The van der Waals surface area contributed by atoms with Gasteiger partial charge in [-0.25, -0.2) is 0 Å². The van der Waals surface area contributed by atoms with Crippen molar-refractivity contribution in [3.8, 4) is 6.07 Å². The van der Waals surface area contributed by atoms with E-state index < -0.39 is 18.0 Å². The Kier molecular flexibility index (Phi) is 5.46. The van der Waals surface area contributed by atoms with Crippen LogP contribution in [0.2, 0.25) is 0 Å². The summed E-state index contributed by atoms with van der Waals surface area (Å²) in [6, 6.07) is 5.44. The second-order valence-electron chi connectivity index (χ2n) is 9.55. The lowest BCUT2D eigenvalue weighted by atomic mass is 9.78. The number of aromatic nitrogens is 2. The Labute approximate surface area is 185 Å². The summed E-state index contributed by atoms with van der Waals surface area (Å²) in [6.45, 7) is 4.50. The molecule has 0 amide bonds. The highest BCUT2D eigenvalue weighted by molar-refractivity contribution is 5.92. The Bertz CT molecular complexity index is 1030. The van der Waals surface area contributed by atoms with Gasteiger partial charge in [-0.05, 0) is 56.4 Å². The first-order valence-corrected chi connectivity index (χ1v) is 11.3. The zero-order valence-corrected chi connectivity index (χ0v) is 17.9. The lowest BCUT2D eigenvalue weighted by molar-refractivity contribution is -0.180. The number of fused-ring (bicyclic) bond motifs is 1. The molecule has 0 saturated carbocycles. The number of alkyl halides is 3. The molecule has 2 aromatic rings. The van der Waals surface area contributed by atoms with E-state index in [2.05, 4.69) is 26.3 Å². The number of hydrogen-bond donors (Lipinski definition) is 1. The van der Waals surface area contributed by atoms with Crippen LogP contribution in [-0.2, 0) is 0 Å². The highest BCUT2D eigenvalue weighted by Crippen LogP contribution is 2.43. The van der Waals surface area contributed by atoms with E-state index in [9.17, 15) is 18.4 Å². The number of benzene rings is 1. The number of hydrogen-bond acceptors (Lipinski definition) is 6. The number of likely N-dealkylation sites (tertiary alicyclic amines) is 1. The van der Waals surface area contributed by atoms with Gasteiger partial charge in [-0.1, -0.05) is 0 Å². The first kappa shape index (κ1) is 21.4. The highest BCUT2D eigenvalue weighted by atomic mass is 19.4. The molecule has 0 aliphatic carbocycles. The summed E-state index contributed by atoms with van der Waals surface area (Å²) in [5, 5.41) is 12.7. The van der Waals surface area contributed by atoms with Crippen molar-refractivity contribution in [3.05, 3.63) is 30.1 Å². The molecule has 4 heterocycles. The van der Waals surface area contributed by atoms with Crippen LogP contribution in [0.4, 0.5) is 18.9 Å². The fourth-order valence-electron chi connectivity index (χ4n) is 5.89. The zero-order chi connectivity index (χ0) is 22.3. The summed E-state index contributed by atoms with van der Waals surface area (Å²) in [5.74, 6) is -1.87. The maximum atomic E-state index is 14.0. The van der Waals surface area contributed by atoms with Gasteiger partial charge in [0.25, 0.3) is 0 Å². The molecule has 0 unspecified atom stereocenters. The van der Waals surface area contributed by atoms with Crippen LogP contribution in [0.25, 0.3) is 11.0 Å². The Morgan fingerprint density at radius 2 is 1.84 bits per heavy atom. The van der Waals surface area contributed by atoms with Crippen molar-refractivity contribution in [1.82, 2.24) is 20.2 Å². The van der Waals surface area contributed by atoms with E-state index in [0.29, 0.717) is 35.4 Å². The molecule has 5 rings (SSSR count). The second-order valence-corrected chi connectivity index (χ2v) is 9.55. The van der Waals surface area contributed by atoms with Crippen molar-refractivity contribution in [2.45, 2.75) is 25.4 Å². The van der Waals surface area contributed by atoms with Gasteiger partial charge in [0, 0.05) is 44.5 Å². The van der Waals surface area contributed by atoms with E-state index in [4.69, 9.17) is 0 Å². The molecule has 3 aliphatic rings. The predicted octanol–water partition coefficient (Wildman–Crippen LogP) is 3.19. The minimum Gasteiger partial charge on any atom is -0.369 e. The topological polar surface area (TPSA) is 68.1 Å². The van der Waals surface area contributed by atoms with Crippen molar-refractivity contribution < 1.29 is 13.2 Å². The number of nitrogens with one attached hydrogen (secondary N) is 1. The fourth-order valence-corrected chi connectivity index (χ4v) is 5.89. The van der Waals surface area contributed by atoms with E-state index in [-0.39, 0.29) is 12.0 Å². The van der Waals surface area contributed by atoms with Gasteiger partial charge >= 0.3 is 6.18 Å². The van der Waals surface area contributed by atoms with Gasteiger partial charge in [0.05, 0.1) is 17.2 Å². The average Bonchev–Trinajstić information content (AvgIpc) is 3.38. The molecule has 3 saturated heterocycles. The van der Waals surface area contributed by atoms with Gasteiger partial charge in [-0.2, -0.15) is 18.4 Å². The summed E-state index contributed by atoms with van der Waals surface area (Å²) in [4.78, 5) is 12.7. The van der Waals surface area contributed by atoms with E-state index >= 15 is 0 Å². The molecule has 32 heavy (non-hydrogen) atoms. The summed E-state index contributed by atoms with van der Waals surface area (Å²) >= 11 is 0. The van der Waals surface area contributed by atoms with E-state index in [1.165, 1.54) is 12.4 Å². The van der Waals surface area contributed by atoms with Gasteiger partial charge < -0.3 is 15.1 Å². The van der Waals surface area contributed by atoms with Crippen LogP contribution in [0.15, 0.2) is 24.5 Å². The number of piperidine rings is 1. The zero-order valence-electron chi connectivity index (χ0n) is 17.9. The summed E-state index contributed by atoms with van der Waals surface area (Å²) in [7, 11) is 0. The van der Waals surface area contributed by atoms with Crippen LogP contribution in [-0.4, -0.2) is 66.9 Å². The second kappa shape index (κ2) is 8.16. The lowest BCUT2D eigenvalue weighted by Crippen LogP contribution is -2.41. The summed E-state index contributed by atoms with van der Waals surface area (Å²) in [6.07, 6.45) is 2.07. The molecule has 1 aromatic carbocycles. The van der Waals surface area contributed by atoms with Crippen LogP contribution in [0.5, 0.6) is 0 Å². The third-order valence-corrected chi connectivity index (χ3v) is 7.60. The van der Waals surface area contributed by atoms with Crippen LogP contribution in [0.1, 0.15) is 24.8 Å². The number of rotatable bonds is 3. The Morgan fingerprint density at radius 1 is 1.09 bits per heavy atom. The van der Waals surface area contributed by atoms with Crippen molar-refractivity contribution in [2.75, 3.05) is 50.7 Å². The number of anilines is 1. The third kappa shape index (κ3) is 3.90. The molecule has 0 bridgehead atoms. The monoisotopic (exact) mass is 444 g/mol. The summed E-state index contributed by atoms with van der Waals surface area (Å²) in [5.41, 5.74) is 2.20. The normalized spacial score (nSPS) is 26.1. The molecular formula is C23H27F3N6. The minimum absolute atomic E-state index is 0.0886. The van der Waals surface area contributed by atoms with E-state index in [0.717, 1.165) is 45.4 Å². The lowest BCUT2D eigenvalue weighted by Gasteiger charge is -2.34. The van der Waals surface area contributed by atoms with Crippen LogP contribution in [0, 0.1) is 28.6 Å². The molecule has 3 aliphatic heterocycles.